The van der Waals surface area contributed by atoms with Gasteiger partial charge in [-0.05, 0) is 16.7 Å². The van der Waals surface area contributed by atoms with E-state index in [0.717, 1.165) is 5.56 Å². The molecule has 2 aromatic carbocycles. The van der Waals surface area contributed by atoms with Gasteiger partial charge >= 0.3 is 0 Å². The second-order valence-electron chi connectivity index (χ2n) is 3.78. The molecule has 0 fully saturated rings. The van der Waals surface area contributed by atoms with Gasteiger partial charge in [-0.2, -0.15) is 0 Å². The molecule has 3 nitrogen and oxygen atoms in total. The number of aliphatic hydroxyl groups is 1. The molecule has 0 saturated heterocycles. The molecule has 0 spiro atoms. The van der Waals surface area contributed by atoms with E-state index in [0.29, 0.717) is 0 Å². The van der Waals surface area contributed by atoms with Crippen molar-refractivity contribution < 1.29 is 9.94 Å². The van der Waals surface area contributed by atoms with Crippen LogP contribution < -0.4 is 0 Å². The normalized spacial score (nSPS) is 10.7. The van der Waals surface area contributed by atoms with E-state index in [-0.39, 0.29) is 13.2 Å². The molecule has 18 heavy (non-hydrogen) atoms. The Morgan fingerprint density at radius 1 is 0.944 bits per heavy atom. The van der Waals surface area contributed by atoms with Gasteiger partial charge < -0.3 is 9.94 Å². The summed E-state index contributed by atoms with van der Waals surface area (Å²) in [6.45, 7) is 0.197. The molecular weight excluding hydrogens is 226 g/mol. The highest BCUT2D eigenvalue weighted by molar-refractivity contribution is 5.80. The third-order valence-corrected chi connectivity index (χ3v) is 2.48. The van der Waals surface area contributed by atoms with Gasteiger partial charge in [0, 0.05) is 0 Å². The van der Waals surface area contributed by atoms with Gasteiger partial charge in [-0.15, -0.1) is 0 Å². The second kappa shape index (κ2) is 6.57. The minimum atomic E-state index is -0.0235. The Balaban J connectivity index is 2.04. The van der Waals surface area contributed by atoms with Gasteiger partial charge in [0.1, 0.15) is 6.61 Å². The first-order chi connectivity index (χ1) is 8.90. The van der Waals surface area contributed by atoms with Gasteiger partial charge in [0.2, 0.25) is 0 Å². The van der Waals surface area contributed by atoms with Crippen LogP contribution in [-0.2, 0) is 4.84 Å². The van der Waals surface area contributed by atoms with Gasteiger partial charge in [-0.25, -0.2) is 0 Å². The Kier molecular flexibility index (Phi) is 4.50. The summed E-state index contributed by atoms with van der Waals surface area (Å²) in [6.07, 6.45) is 1.63. The first kappa shape index (κ1) is 12.3. The van der Waals surface area contributed by atoms with Crippen molar-refractivity contribution in [3.05, 3.63) is 60.2 Å². The van der Waals surface area contributed by atoms with Crippen LogP contribution in [0.2, 0.25) is 0 Å². The molecule has 3 heteroatoms. The lowest BCUT2D eigenvalue weighted by atomic mass is 10.0. The summed E-state index contributed by atoms with van der Waals surface area (Å²) in [4.78, 5) is 4.82. The van der Waals surface area contributed by atoms with Crippen LogP contribution in [0.4, 0.5) is 0 Å². The van der Waals surface area contributed by atoms with Crippen molar-refractivity contribution in [3.8, 4) is 11.1 Å². The maximum Gasteiger partial charge on any atom is 0.140 e. The lowest BCUT2D eigenvalue weighted by molar-refractivity contribution is 0.0997. The van der Waals surface area contributed by atoms with Crippen LogP contribution in [0, 0.1) is 0 Å². The highest BCUT2D eigenvalue weighted by atomic mass is 16.6. The predicted octanol–water partition coefficient (Wildman–Crippen LogP) is 2.70. The third-order valence-electron chi connectivity index (χ3n) is 2.48. The molecule has 2 rings (SSSR count). The molecule has 2 aromatic rings. The molecule has 0 bridgehead atoms. The fourth-order valence-electron chi connectivity index (χ4n) is 1.58. The maximum atomic E-state index is 8.53. The molecule has 0 heterocycles. The number of benzene rings is 2. The predicted molar refractivity (Wildman–Crippen MR) is 72.5 cm³/mol. The Bertz CT molecular complexity index is 492. The summed E-state index contributed by atoms with van der Waals surface area (Å²) in [5.74, 6) is 0. The first-order valence-corrected chi connectivity index (χ1v) is 5.82. The fourth-order valence-corrected chi connectivity index (χ4v) is 1.58. The zero-order valence-electron chi connectivity index (χ0n) is 9.99. The minimum absolute atomic E-state index is 0.0235. The van der Waals surface area contributed by atoms with Crippen molar-refractivity contribution in [1.82, 2.24) is 0 Å². The molecule has 0 aromatic heterocycles. The van der Waals surface area contributed by atoms with Crippen LogP contribution in [0.25, 0.3) is 11.1 Å². The van der Waals surface area contributed by atoms with E-state index in [9.17, 15) is 0 Å². The van der Waals surface area contributed by atoms with Crippen LogP contribution in [0.15, 0.2) is 59.8 Å². The quantitative estimate of drug-likeness (QED) is 0.497. The molecule has 0 amide bonds. The molecule has 0 radical (unpaired) electrons. The molecule has 0 aliphatic carbocycles. The molecule has 0 saturated carbocycles. The number of hydrogen-bond donors (Lipinski definition) is 1. The van der Waals surface area contributed by atoms with E-state index in [1.807, 2.05) is 42.5 Å². The highest BCUT2D eigenvalue weighted by Gasteiger charge is 1.95. The van der Waals surface area contributed by atoms with Crippen LogP contribution in [-0.4, -0.2) is 24.5 Å². The van der Waals surface area contributed by atoms with E-state index in [4.69, 9.17) is 9.94 Å². The SMILES string of the molecule is OCCON=Cc1ccc(-c2ccccc2)cc1. The van der Waals surface area contributed by atoms with E-state index >= 15 is 0 Å². The average molecular weight is 241 g/mol. The molecule has 0 atom stereocenters. The van der Waals surface area contributed by atoms with Gasteiger partial charge in [-0.1, -0.05) is 59.8 Å². The van der Waals surface area contributed by atoms with E-state index in [1.54, 1.807) is 6.21 Å². The topological polar surface area (TPSA) is 41.8 Å². The van der Waals surface area contributed by atoms with Gasteiger partial charge in [-0.3, -0.25) is 0 Å². The first-order valence-electron chi connectivity index (χ1n) is 5.82. The highest BCUT2D eigenvalue weighted by Crippen LogP contribution is 2.18. The molecule has 1 N–H and O–H groups in total. The number of rotatable bonds is 5. The summed E-state index contributed by atoms with van der Waals surface area (Å²) < 4.78 is 0. The van der Waals surface area contributed by atoms with Crippen molar-refractivity contribution >= 4 is 6.21 Å². The molecule has 0 aliphatic rings. The Labute approximate surface area is 106 Å². The lowest BCUT2D eigenvalue weighted by Gasteiger charge is -2.01. The van der Waals surface area contributed by atoms with Crippen LogP contribution in [0.3, 0.4) is 0 Å². The van der Waals surface area contributed by atoms with Gasteiger partial charge in [0.05, 0.1) is 12.8 Å². The van der Waals surface area contributed by atoms with E-state index in [1.165, 1.54) is 11.1 Å². The smallest absolute Gasteiger partial charge is 0.140 e. The van der Waals surface area contributed by atoms with Crippen LogP contribution in [0.5, 0.6) is 0 Å². The standard InChI is InChI=1S/C15H15NO2/c17-10-11-18-16-12-13-6-8-15(9-7-13)14-4-2-1-3-5-14/h1-9,12,17H,10-11H2. The Morgan fingerprint density at radius 3 is 2.28 bits per heavy atom. The van der Waals surface area contributed by atoms with Crippen molar-refractivity contribution in [2.75, 3.05) is 13.2 Å². The Morgan fingerprint density at radius 2 is 1.61 bits per heavy atom. The number of aliphatic hydroxyl groups excluding tert-OH is 1. The molecule has 0 aliphatic heterocycles. The van der Waals surface area contributed by atoms with Crippen LogP contribution in [0.1, 0.15) is 5.56 Å². The lowest BCUT2D eigenvalue weighted by Crippen LogP contribution is -1.93. The van der Waals surface area contributed by atoms with Crippen molar-refractivity contribution in [2.45, 2.75) is 0 Å². The zero-order valence-corrected chi connectivity index (χ0v) is 9.99. The van der Waals surface area contributed by atoms with Crippen molar-refractivity contribution in [1.29, 1.82) is 0 Å². The van der Waals surface area contributed by atoms with E-state index in [2.05, 4.69) is 17.3 Å². The van der Waals surface area contributed by atoms with Crippen LogP contribution >= 0.6 is 0 Å². The van der Waals surface area contributed by atoms with Gasteiger partial charge in [0.15, 0.2) is 0 Å². The second-order valence-corrected chi connectivity index (χ2v) is 3.78. The number of oxime groups is 1. The molecule has 92 valence electrons. The van der Waals surface area contributed by atoms with Crippen molar-refractivity contribution in [3.63, 3.8) is 0 Å². The summed E-state index contributed by atoms with van der Waals surface area (Å²) >= 11 is 0. The van der Waals surface area contributed by atoms with Crippen molar-refractivity contribution in [2.24, 2.45) is 5.16 Å². The minimum Gasteiger partial charge on any atom is -0.393 e. The third kappa shape index (κ3) is 3.43. The molecular formula is C15H15NO2. The fraction of sp³-hybridized carbons (Fsp3) is 0.133. The largest absolute Gasteiger partial charge is 0.393 e. The number of nitrogens with zero attached hydrogens (tertiary/aromatic N) is 1. The summed E-state index contributed by atoms with van der Waals surface area (Å²) in [5.41, 5.74) is 3.33. The molecule has 0 unspecified atom stereocenters. The number of hydrogen-bond acceptors (Lipinski definition) is 3. The zero-order chi connectivity index (χ0) is 12.6. The maximum absolute atomic E-state index is 8.53. The summed E-state index contributed by atoms with van der Waals surface area (Å²) in [6, 6.07) is 18.2. The monoisotopic (exact) mass is 241 g/mol. The van der Waals surface area contributed by atoms with E-state index < -0.39 is 0 Å². The summed E-state index contributed by atoms with van der Waals surface area (Å²) in [7, 11) is 0. The summed E-state index contributed by atoms with van der Waals surface area (Å²) in [5, 5.41) is 12.3. The van der Waals surface area contributed by atoms with Gasteiger partial charge in [0.25, 0.3) is 0 Å². The Hall–Kier alpha value is -2.13. The average Bonchev–Trinajstić information content (AvgIpc) is 2.45.